The van der Waals surface area contributed by atoms with Crippen LogP contribution >= 0.6 is 12.4 Å². The van der Waals surface area contributed by atoms with E-state index in [9.17, 15) is 0 Å². The first-order valence-electron chi connectivity index (χ1n) is 6.86. The van der Waals surface area contributed by atoms with Gasteiger partial charge in [0.15, 0.2) is 5.58 Å². The molecule has 0 spiro atoms. The summed E-state index contributed by atoms with van der Waals surface area (Å²) < 4.78 is 5.48. The Kier molecular flexibility index (Phi) is 4.66. The Morgan fingerprint density at radius 2 is 2.14 bits per heavy atom. The van der Waals surface area contributed by atoms with E-state index < -0.39 is 0 Å². The molecule has 0 aliphatic heterocycles. The zero-order valence-electron chi connectivity index (χ0n) is 11.9. The van der Waals surface area contributed by atoms with Gasteiger partial charge >= 0.3 is 0 Å². The fraction of sp³-hybridized carbons (Fsp3) is 0.235. The summed E-state index contributed by atoms with van der Waals surface area (Å²) in [5.74, 6) is 0.178. The molecule has 0 saturated carbocycles. The Labute approximate surface area is 130 Å². The zero-order chi connectivity index (χ0) is 14.0. The van der Waals surface area contributed by atoms with Gasteiger partial charge in [-0.15, -0.1) is 12.4 Å². The fourth-order valence-electron chi connectivity index (χ4n) is 2.96. The number of hydrogen-bond acceptors (Lipinski definition) is 3. The Bertz CT molecular complexity index is 702. The van der Waals surface area contributed by atoms with Crippen molar-refractivity contribution in [1.82, 2.24) is 5.16 Å². The zero-order valence-corrected chi connectivity index (χ0v) is 12.7. The third-order valence-corrected chi connectivity index (χ3v) is 3.92. The van der Waals surface area contributed by atoms with Crippen LogP contribution in [0.25, 0.3) is 11.0 Å². The van der Waals surface area contributed by atoms with Gasteiger partial charge in [0.1, 0.15) is 5.69 Å². The van der Waals surface area contributed by atoms with Gasteiger partial charge in [-0.3, -0.25) is 0 Å². The Hall–Kier alpha value is -1.84. The van der Waals surface area contributed by atoms with E-state index in [2.05, 4.69) is 35.5 Å². The molecule has 2 atom stereocenters. The van der Waals surface area contributed by atoms with E-state index in [4.69, 9.17) is 10.3 Å². The van der Waals surface area contributed by atoms with Crippen LogP contribution in [0.1, 0.15) is 12.6 Å². The van der Waals surface area contributed by atoms with Crippen LogP contribution in [-0.2, 0) is 5.41 Å². The van der Waals surface area contributed by atoms with Crippen molar-refractivity contribution in [3.8, 4) is 0 Å². The number of aromatic nitrogens is 1. The Morgan fingerprint density at radius 3 is 2.90 bits per heavy atom. The second kappa shape index (κ2) is 6.29. The van der Waals surface area contributed by atoms with Crippen LogP contribution in [0, 0.1) is 5.92 Å². The topological polar surface area (TPSA) is 52.0 Å². The highest BCUT2D eigenvalue weighted by Gasteiger charge is 2.38. The summed E-state index contributed by atoms with van der Waals surface area (Å²) in [7, 11) is 0. The summed E-state index contributed by atoms with van der Waals surface area (Å²) in [5, 5.41) is 5.39. The number of nitrogens with zero attached hydrogens (tertiary/aromatic N) is 1. The van der Waals surface area contributed by atoms with E-state index in [1.54, 1.807) is 0 Å². The highest BCUT2D eigenvalue weighted by atomic mass is 35.5. The fourth-order valence-corrected chi connectivity index (χ4v) is 2.96. The molecule has 110 valence electrons. The lowest BCUT2D eigenvalue weighted by atomic mass is 9.69. The standard InChI is InChI=1S/C17H18N2O.ClH/c1-2-10-17(11-6-5-7-13(17)12-18)16-14-8-3-4-9-15(14)20-19-16;/h2-11,13H,12,18H2,1H3;1H/t13-,17?;/m0./s1. The van der Waals surface area contributed by atoms with Crippen LogP contribution in [0.2, 0.25) is 0 Å². The average molecular weight is 303 g/mol. The van der Waals surface area contributed by atoms with Gasteiger partial charge in [0.2, 0.25) is 0 Å². The molecule has 1 aromatic carbocycles. The molecule has 0 fully saturated rings. The third kappa shape index (κ3) is 2.43. The molecule has 1 aromatic heterocycles. The van der Waals surface area contributed by atoms with E-state index in [1.807, 2.05) is 37.3 Å². The molecule has 0 amide bonds. The summed E-state index contributed by atoms with van der Waals surface area (Å²) in [6.07, 6.45) is 12.6. The van der Waals surface area contributed by atoms with Crippen LogP contribution in [0.3, 0.4) is 0 Å². The van der Waals surface area contributed by atoms with Crippen LogP contribution in [0.5, 0.6) is 0 Å². The monoisotopic (exact) mass is 302 g/mol. The van der Waals surface area contributed by atoms with E-state index in [0.29, 0.717) is 6.54 Å². The van der Waals surface area contributed by atoms with Crippen molar-refractivity contribution in [2.24, 2.45) is 11.7 Å². The minimum absolute atomic E-state index is 0. The SMILES string of the molecule is CC=CC1(c2noc3ccccc23)C=CC=C[C@H]1CN.Cl. The molecule has 0 saturated heterocycles. The van der Waals surface area contributed by atoms with Gasteiger partial charge in [0.05, 0.1) is 5.41 Å². The van der Waals surface area contributed by atoms with Gasteiger partial charge in [-0.1, -0.05) is 53.7 Å². The summed E-state index contributed by atoms with van der Waals surface area (Å²) in [6, 6.07) is 7.95. The average Bonchev–Trinajstić information content (AvgIpc) is 2.92. The van der Waals surface area contributed by atoms with Crippen molar-refractivity contribution in [3.63, 3.8) is 0 Å². The Balaban J connectivity index is 0.00000161. The minimum Gasteiger partial charge on any atom is -0.356 e. The molecule has 4 heteroatoms. The first-order valence-corrected chi connectivity index (χ1v) is 6.86. The second-order valence-corrected chi connectivity index (χ2v) is 5.05. The first kappa shape index (κ1) is 15.5. The molecule has 1 aliphatic carbocycles. The summed E-state index contributed by atoms with van der Waals surface area (Å²) in [4.78, 5) is 0. The molecule has 0 radical (unpaired) electrons. The van der Waals surface area contributed by atoms with Crippen LogP contribution in [0.15, 0.2) is 65.2 Å². The van der Waals surface area contributed by atoms with Crippen molar-refractivity contribution < 1.29 is 4.52 Å². The number of benzene rings is 1. The molecular formula is C17H19ClN2O. The van der Waals surface area contributed by atoms with Crippen LogP contribution in [0.4, 0.5) is 0 Å². The van der Waals surface area contributed by atoms with Crippen molar-refractivity contribution in [2.45, 2.75) is 12.3 Å². The lowest BCUT2D eigenvalue weighted by Crippen LogP contribution is -2.36. The lowest BCUT2D eigenvalue weighted by Gasteiger charge is -2.34. The Morgan fingerprint density at radius 1 is 1.33 bits per heavy atom. The number of para-hydroxylation sites is 1. The molecule has 2 N–H and O–H groups in total. The predicted molar refractivity (Wildman–Crippen MR) is 88.6 cm³/mol. The summed E-state index contributed by atoms with van der Waals surface area (Å²) in [6.45, 7) is 2.58. The number of nitrogens with two attached hydrogens (primary N) is 1. The molecule has 1 heterocycles. The quantitative estimate of drug-likeness (QED) is 0.878. The molecule has 3 nitrogen and oxygen atoms in total. The van der Waals surface area contributed by atoms with Gasteiger partial charge in [-0.05, 0) is 19.1 Å². The molecule has 2 aromatic rings. The van der Waals surface area contributed by atoms with E-state index in [0.717, 1.165) is 16.7 Å². The maximum absolute atomic E-state index is 5.98. The number of rotatable bonds is 3. The second-order valence-electron chi connectivity index (χ2n) is 5.05. The largest absolute Gasteiger partial charge is 0.356 e. The maximum atomic E-state index is 5.98. The van der Waals surface area contributed by atoms with Crippen LogP contribution < -0.4 is 5.73 Å². The molecule has 21 heavy (non-hydrogen) atoms. The number of hydrogen-bond donors (Lipinski definition) is 1. The van der Waals surface area contributed by atoms with E-state index in [1.165, 1.54) is 0 Å². The molecule has 1 aliphatic rings. The van der Waals surface area contributed by atoms with E-state index in [-0.39, 0.29) is 23.7 Å². The van der Waals surface area contributed by atoms with Crippen LogP contribution in [-0.4, -0.2) is 11.7 Å². The summed E-state index contributed by atoms with van der Waals surface area (Å²) in [5.41, 5.74) is 7.40. The maximum Gasteiger partial charge on any atom is 0.167 e. The third-order valence-electron chi connectivity index (χ3n) is 3.92. The van der Waals surface area contributed by atoms with E-state index >= 15 is 0 Å². The van der Waals surface area contributed by atoms with Crippen molar-refractivity contribution in [2.75, 3.05) is 6.54 Å². The molecule has 3 rings (SSSR count). The smallest absolute Gasteiger partial charge is 0.167 e. The molecule has 1 unspecified atom stereocenters. The minimum atomic E-state index is -0.329. The van der Waals surface area contributed by atoms with Gasteiger partial charge in [-0.2, -0.15) is 0 Å². The number of halogens is 1. The number of fused-ring (bicyclic) bond motifs is 1. The predicted octanol–water partition coefficient (Wildman–Crippen LogP) is 3.76. The summed E-state index contributed by atoms with van der Waals surface area (Å²) >= 11 is 0. The number of allylic oxidation sites excluding steroid dienone is 5. The lowest BCUT2D eigenvalue weighted by molar-refractivity contribution is 0.401. The van der Waals surface area contributed by atoms with Crippen molar-refractivity contribution >= 4 is 23.4 Å². The van der Waals surface area contributed by atoms with Crippen molar-refractivity contribution in [3.05, 3.63) is 66.4 Å². The van der Waals surface area contributed by atoms with Gasteiger partial charge < -0.3 is 10.3 Å². The van der Waals surface area contributed by atoms with Crippen molar-refractivity contribution in [1.29, 1.82) is 0 Å². The normalized spacial score (nSPS) is 24.6. The molecule has 0 bridgehead atoms. The highest BCUT2D eigenvalue weighted by molar-refractivity contribution is 5.85. The molecular weight excluding hydrogens is 284 g/mol. The first-order chi connectivity index (χ1) is 9.81. The van der Waals surface area contributed by atoms with Gasteiger partial charge in [0.25, 0.3) is 0 Å². The highest BCUT2D eigenvalue weighted by Crippen LogP contribution is 2.41. The van der Waals surface area contributed by atoms with Gasteiger partial charge in [0, 0.05) is 17.8 Å². The van der Waals surface area contributed by atoms with Gasteiger partial charge in [-0.25, -0.2) is 0 Å².